The summed E-state index contributed by atoms with van der Waals surface area (Å²) in [4.78, 5) is 22.9. The molecule has 2 aliphatic rings. The molecule has 0 radical (unpaired) electrons. The Morgan fingerprint density at radius 2 is 1.89 bits per heavy atom. The Bertz CT molecular complexity index is 1070. The predicted molar refractivity (Wildman–Crippen MR) is 155 cm³/mol. The van der Waals surface area contributed by atoms with Gasteiger partial charge in [0.05, 0.1) is 19.5 Å². The lowest BCUT2D eigenvalue weighted by Gasteiger charge is -2.44. The number of benzene rings is 2. The van der Waals surface area contributed by atoms with Crippen LogP contribution in [-0.2, 0) is 15.3 Å². The molecular formula is C31H42FN3O2S. The molecule has 1 heterocycles. The zero-order chi connectivity index (χ0) is 27.1. The minimum atomic E-state index is -0.898. The van der Waals surface area contributed by atoms with Gasteiger partial charge in [-0.3, -0.25) is 4.99 Å². The molecule has 1 saturated carbocycles. The van der Waals surface area contributed by atoms with E-state index in [9.17, 15) is 9.18 Å². The van der Waals surface area contributed by atoms with Crippen LogP contribution in [0.1, 0.15) is 56.2 Å². The Morgan fingerprint density at radius 1 is 1.16 bits per heavy atom. The number of ether oxygens (including phenoxy) is 1. The molecular weight excluding hydrogens is 497 g/mol. The van der Waals surface area contributed by atoms with E-state index in [-0.39, 0.29) is 23.9 Å². The summed E-state index contributed by atoms with van der Waals surface area (Å²) in [5, 5.41) is 0. The molecule has 1 aliphatic carbocycles. The third kappa shape index (κ3) is 6.26. The van der Waals surface area contributed by atoms with Gasteiger partial charge < -0.3 is 14.5 Å². The number of carbonyl (C=O) groups is 1. The highest BCUT2D eigenvalue weighted by atomic mass is 32.2. The second-order valence-electron chi connectivity index (χ2n) is 11.0. The highest BCUT2D eigenvalue weighted by Crippen LogP contribution is 2.45. The SMILES string of the molecule is CCCN1C=NC(CSCc2ccccc2)(C(=O)OC)C1C1CCC(C(c2cccc(F)c2)N(C)C)CC1. The Morgan fingerprint density at radius 3 is 2.53 bits per heavy atom. The Labute approximate surface area is 231 Å². The number of hydrogen-bond donors (Lipinski definition) is 0. The second kappa shape index (κ2) is 13.1. The third-order valence-electron chi connectivity index (χ3n) is 8.19. The molecule has 38 heavy (non-hydrogen) atoms. The molecule has 0 spiro atoms. The fourth-order valence-corrected chi connectivity index (χ4v) is 7.81. The molecule has 4 rings (SSSR count). The van der Waals surface area contributed by atoms with Crippen LogP contribution in [0.15, 0.2) is 59.6 Å². The Hall–Kier alpha value is -2.38. The minimum absolute atomic E-state index is 0.00824. The molecule has 2 aromatic rings. The molecule has 5 nitrogen and oxygen atoms in total. The van der Waals surface area contributed by atoms with Crippen LogP contribution in [0, 0.1) is 17.7 Å². The van der Waals surface area contributed by atoms with Crippen LogP contribution in [-0.4, -0.2) is 67.2 Å². The summed E-state index contributed by atoms with van der Waals surface area (Å²) < 4.78 is 19.5. The van der Waals surface area contributed by atoms with Crippen molar-refractivity contribution in [3.8, 4) is 0 Å². The first kappa shape index (κ1) is 28.6. The van der Waals surface area contributed by atoms with Crippen molar-refractivity contribution in [1.29, 1.82) is 0 Å². The lowest BCUT2D eigenvalue weighted by atomic mass is 9.70. The number of aliphatic imine (C=N–C) groups is 1. The number of nitrogens with zero attached hydrogens (tertiary/aromatic N) is 3. The van der Waals surface area contributed by atoms with Gasteiger partial charge in [0.2, 0.25) is 0 Å². The van der Waals surface area contributed by atoms with Gasteiger partial charge in [-0.2, -0.15) is 11.8 Å². The van der Waals surface area contributed by atoms with Crippen molar-refractivity contribution in [3.63, 3.8) is 0 Å². The standard InChI is InChI=1S/C31H42FN3O2S/c1-5-18-35-22-33-31(30(36)37-4,21-38-20-23-10-7-6-8-11-23)29(35)25-16-14-24(15-17-25)28(34(2)3)26-12-9-13-27(32)19-26/h6-13,19,22,24-25,28-29H,5,14-18,20-21H2,1-4H3. The van der Waals surface area contributed by atoms with E-state index in [1.807, 2.05) is 24.5 Å². The summed E-state index contributed by atoms with van der Waals surface area (Å²) in [6, 6.07) is 17.6. The highest BCUT2D eigenvalue weighted by Gasteiger charge is 2.55. The predicted octanol–water partition coefficient (Wildman–Crippen LogP) is 6.20. The third-order valence-corrected chi connectivity index (χ3v) is 9.38. The molecule has 0 amide bonds. The fraction of sp³-hybridized carbons (Fsp3) is 0.548. The summed E-state index contributed by atoms with van der Waals surface area (Å²) in [5.74, 6) is 1.79. The van der Waals surface area contributed by atoms with Crippen molar-refractivity contribution in [2.75, 3.05) is 33.5 Å². The van der Waals surface area contributed by atoms with Crippen molar-refractivity contribution in [2.24, 2.45) is 16.8 Å². The van der Waals surface area contributed by atoms with Crippen LogP contribution in [0.2, 0.25) is 0 Å². The zero-order valence-corrected chi connectivity index (χ0v) is 24.0. The topological polar surface area (TPSA) is 45.1 Å². The Kier molecular flexibility index (Phi) is 9.88. The molecule has 3 atom stereocenters. The molecule has 0 aromatic heterocycles. The van der Waals surface area contributed by atoms with Crippen molar-refractivity contribution in [1.82, 2.24) is 9.80 Å². The summed E-state index contributed by atoms with van der Waals surface area (Å²) >= 11 is 1.76. The summed E-state index contributed by atoms with van der Waals surface area (Å²) in [6.45, 7) is 3.05. The molecule has 1 aliphatic heterocycles. The number of methoxy groups -OCH3 is 1. The van der Waals surface area contributed by atoms with Gasteiger partial charge in [-0.1, -0.05) is 49.4 Å². The van der Waals surface area contributed by atoms with E-state index in [1.165, 1.54) is 18.7 Å². The molecule has 1 fully saturated rings. The maximum atomic E-state index is 14.1. The average molecular weight is 540 g/mol. The van der Waals surface area contributed by atoms with Gasteiger partial charge in [0, 0.05) is 24.1 Å². The van der Waals surface area contributed by atoms with E-state index < -0.39 is 5.54 Å². The number of hydrogen-bond acceptors (Lipinski definition) is 6. The normalized spacial score (nSPS) is 26.1. The van der Waals surface area contributed by atoms with Crippen LogP contribution >= 0.6 is 11.8 Å². The van der Waals surface area contributed by atoms with Gasteiger partial charge in [-0.05, 0) is 81.3 Å². The fourth-order valence-electron chi connectivity index (χ4n) is 6.60. The van der Waals surface area contributed by atoms with Crippen LogP contribution in [0.4, 0.5) is 4.39 Å². The van der Waals surface area contributed by atoms with Crippen molar-refractivity contribution in [2.45, 2.75) is 62.4 Å². The molecule has 3 unspecified atom stereocenters. The summed E-state index contributed by atoms with van der Waals surface area (Å²) in [5.41, 5.74) is 1.38. The van der Waals surface area contributed by atoms with Gasteiger partial charge >= 0.3 is 5.97 Å². The van der Waals surface area contributed by atoms with Gasteiger partial charge in [0.25, 0.3) is 0 Å². The van der Waals surface area contributed by atoms with Crippen molar-refractivity contribution in [3.05, 3.63) is 71.5 Å². The van der Waals surface area contributed by atoms with E-state index in [0.29, 0.717) is 17.6 Å². The molecule has 0 N–H and O–H groups in total. The molecule has 0 bridgehead atoms. The van der Waals surface area contributed by atoms with Crippen LogP contribution in [0.5, 0.6) is 0 Å². The molecule has 7 heteroatoms. The first-order chi connectivity index (χ1) is 18.4. The smallest absolute Gasteiger partial charge is 0.336 e. The van der Waals surface area contributed by atoms with E-state index in [1.54, 1.807) is 17.8 Å². The van der Waals surface area contributed by atoms with Crippen molar-refractivity contribution >= 4 is 24.1 Å². The number of thioether (sulfide) groups is 1. The number of carbonyl (C=O) groups excluding carboxylic acids is 1. The maximum Gasteiger partial charge on any atom is 0.336 e. The quantitative estimate of drug-likeness (QED) is 0.318. The van der Waals surface area contributed by atoms with Gasteiger partial charge in [-0.25, -0.2) is 9.18 Å². The van der Waals surface area contributed by atoms with Gasteiger partial charge in [0.1, 0.15) is 5.82 Å². The lowest BCUT2D eigenvalue weighted by molar-refractivity contribution is -0.148. The lowest BCUT2D eigenvalue weighted by Crippen LogP contribution is -2.57. The van der Waals surface area contributed by atoms with Crippen LogP contribution in [0.3, 0.4) is 0 Å². The van der Waals surface area contributed by atoms with Crippen LogP contribution in [0.25, 0.3) is 0 Å². The van der Waals surface area contributed by atoms with Crippen molar-refractivity contribution < 1.29 is 13.9 Å². The Balaban J connectivity index is 1.52. The molecule has 0 saturated heterocycles. The second-order valence-corrected chi connectivity index (χ2v) is 11.9. The first-order valence-electron chi connectivity index (χ1n) is 13.8. The van der Waals surface area contributed by atoms with E-state index >= 15 is 0 Å². The first-order valence-corrected chi connectivity index (χ1v) is 15.0. The van der Waals surface area contributed by atoms with E-state index in [0.717, 1.165) is 50.0 Å². The largest absolute Gasteiger partial charge is 0.467 e. The van der Waals surface area contributed by atoms with Gasteiger partial charge in [-0.15, -0.1) is 0 Å². The van der Waals surface area contributed by atoms with E-state index in [4.69, 9.17) is 9.73 Å². The maximum absolute atomic E-state index is 14.1. The number of esters is 1. The molecule has 2 aromatic carbocycles. The monoisotopic (exact) mass is 539 g/mol. The summed E-state index contributed by atoms with van der Waals surface area (Å²) in [7, 11) is 5.65. The number of halogens is 1. The highest BCUT2D eigenvalue weighted by molar-refractivity contribution is 7.98. The number of rotatable bonds is 11. The average Bonchev–Trinajstić information content (AvgIpc) is 3.28. The molecule has 206 valence electrons. The summed E-state index contributed by atoms with van der Waals surface area (Å²) in [6.07, 6.45) is 7.01. The minimum Gasteiger partial charge on any atom is -0.467 e. The zero-order valence-electron chi connectivity index (χ0n) is 23.2. The van der Waals surface area contributed by atoms with Crippen LogP contribution < -0.4 is 0 Å². The van der Waals surface area contributed by atoms with E-state index in [2.05, 4.69) is 55.1 Å². The van der Waals surface area contributed by atoms with Gasteiger partial charge in [0.15, 0.2) is 5.54 Å².